The molecule has 3 nitrogen and oxygen atoms in total. The molecule has 0 unspecified atom stereocenters. The van der Waals surface area contributed by atoms with Gasteiger partial charge in [0.05, 0.1) is 12.3 Å². The molecule has 15 heavy (non-hydrogen) atoms. The second kappa shape index (κ2) is 6.77. The molecule has 1 aromatic heterocycles. The Kier molecular flexibility index (Phi) is 5.61. The monoisotopic (exact) mass is 228 g/mol. The number of pyridine rings is 1. The van der Waals surface area contributed by atoms with Crippen LogP contribution in [0, 0.1) is 0 Å². The van der Waals surface area contributed by atoms with Gasteiger partial charge in [-0.3, -0.25) is 9.88 Å². The summed E-state index contributed by atoms with van der Waals surface area (Å²) in [5.74, 6) is 0. The summed E-state index contributed by atoms with van der Waals surface area (Å²) >= 11 is 5.87. The van der Waals surface area contributed by atoms with Gasteiger partial charge in [-0.1, -0.05) is 11.6 Å². The first-order chi connectivity index (χ1) is 7.22. The summed E-state index contributed by atoms with van der Waals surface area (Å²) in [5.41, 5.74) is 0.987. The van der Waals surface area contributed by atoms with Crippen LogP contribution in [0.3, 0.4) is 0 Å². The standard InChI is InChI=1S/C11H17ClN2O/c1-3-15-7-6-14(2)9-11-8-10(12)4-5-13-11/h4-5,8H,3,6-7,9H2,1-2H3. The largest absolute Gasteiger partial charge is 0.380 e. The van der Waals surface area contributed by atoms with E-state index in [2.05, 4.69) is 9.88 Å². The van der Waals surface area contributed by atoms with Crippen LogP contribution in [-0.4, -0.2) is 36.7 Å². The zero-order valence-electron chi connectivity index (χ0n) is 9.24. The number of aromatic nitrogens is 1. The molecule has 0 aliphatic rings. The van der Waals surface area contributed by atoms with Crippen LogP contribution in [0.15, 0.2) is 18.3 Å². The molecule has 0 bridgehead atoms. The fourth-order valence-electron chi connectivity index (χ4n) is 1.26. The summed E-state index contributed by atoms with van der Waals surface area (Å²) in [7, 11) is 2.04. The van der Waals surface area contributed by atoms with Gasteiger partial charge in [0.25, 0.3) is 0 Å². The quantitative estimate of drug-likeness (QED) is 0.698. The number of likely N-dealkylation sites (N-methyl/N-ethyl adjacent to an activating group) is 1. The number of rotatable bonds is 6. The van der Waals surface area contributed by atoms with E-state index in [1.165, 1.54) is 0 Å². The zero-order valence-corrected chi connectivity index (χ0v) is 10.00. The third-order valence-electron chi connectivity index (χ3n) is 2.03. The van der Waals surface area contributed by atoms with Crippen LogP contribution >= 0.6 is 11.6 Å². The lowest BCUT2D eigenvalue weighted by atomic mass is 10.3. The summed E-state index contributed by atoms with van der Waals surface area (Å²) in [6.07, 6.45) is 1.73. The summed E-state index contributed by atoms with van der Waals surface area (Å²) < 4.78 is 5.28. The van der Waals surface area contributed by atoms with E-state index >= 15 is 0 Å². The van der Waals surface area contributed by atoms with Crippen LogP contribution in [0.25, 0.3) is 0 Å². The van der Waals surface area contributed by atoms with Gasteiger partial charge in [0.15, 0.2) is 0 Å². The lowest BCUT2D eigenvalue weighted by molar-refractivity contribution is 0.120. The van der Waals surface area contributed by atoms with E-state index in [0.717, 1.165) is 37.0 Å². The lowest BCUT2D eigenvalue weighted by Crippen LogP contribution is -2.23. The number of nitrogens with zero attached hydrogens (tertiary/aromatic N) is 2. The lowest BCUT2D eigenvalue weighted by Gasteiger charge is -2.15. The molecule has 1 heterocycles. The van der Waals surface area contributed by atoms with E-state index in [1.807, 2.05) is 20.0 Å². The first-order valence-corrected chi connectivity index (χ1v) is 5.47. The third-order valence-corrected chi connectivity index (χ3v) is 2.27. The smallest absolute Gasteiger partial charge is 0.0593 e. The van der Waals surface area contributed by atoms with Crippen LogP contribution in [0.2, 0.25) is 5.02 Å². The Labute approximate surface area is 96.0 Å². The number of hydrogen-bond acceptors (Lipinski definition) is 3. The van der Waals surface area contributed by atoms with Gasteiger partial charge in [0, 0.05) is 30.9 Å². The van der Waals surface area contributed by atoms with Crippen molar-refractivity contribution in [2.75, 3.05) is 26.8 Å². The van der Waals surface area contributed by atoms with Crippen LogP contribution in [0.5, 0.6) is 0 Å². The molecule has 0 aliphatic heterocycles. The topological polar surface area (TPSA) is 25.4 Å². The Bertz CT molecular complexity index is 294. The average molecular weight is 229 g/mol. The molecular weight excluding hydrogens is 212 g/mol. The molecule has 0 saturated carbocycles. The van der Waals surface area contributed by atoms with E-state index in [-0.39, 0.29) is 0 Å². The van der Waals surface area contributed by atoms with Crippen molar-refractivity contribution in [2.45, 2.75) is 13.5 Å². The van der Waals surface area contributed by atoms with E-state index in [1.54, 1.807) is 12.3 Å². The minimum absolute atomic E-state index is 0.734. The molecule has 0 aliphatic carbocycles. The van der Waals surface area contributed by atoms with Gasteiger partial charge < -0.3 is 4.74 Å². The third kappa shape index (κ3) is 5.11. The second-order valence-corrected chi connectivity index (χ2v) is 3.84. The molecule has 1 rings (SSSR count). The molecule has 0 spiro atoms. The van der Waals surface area contributed by atoms with Gasteiger partial charge >= 0.3 is 0 Å². The van der Waals surface area contributed by atoms with E-state index in [9.17, 15) is 0 Å². The Morgan fingerprint density at radius 3 is 3.00 bits per heavy atom. The van der Waals surface area contributed by atoms with Gasteiger partial charge in [-0.2, -0.15) is 0 Å². The van der Waals surface area contributed by atoms with Crippen molar-refractivity contribution in [3.63, 3.8) is 0 Å². The molecule has 84 valence electrons. The highest BCUT2D eigenvalue weighted by molar-refractivity contribution is 6.30. The van der Waals surface area contributed by atoms with Crippen molar-refractivity contribution in [1.29, 1.82) is 0 Å². The molecule has 1 aromatic rings. The molecule has 0 radical (unpaired) electrons. The van der Waals surface area contributed by atoms with Gasteiger partial charge in [-0.25, -0.2) is 0 Å². The summed E-state index contributed by atoms with van der Waals surface area (Å²) in [6.45, 7) is 5.23. The molecule has 0 saturated heterocycles. The highest BCUT2D eigenvalue weighted by atomic mass is 35.5. The molecule has 0 atom stereocenters. The van der Waals surface area contributed by atoms with Gasteiger partial charge in [-0.15, -0.1) is 0 Å². The molecule has 0 aromatic carbocycles. The summed E-state index contributed by atoms with van der Waals surface area (Å²) in [5, 5.41) is 0.734. The molecule has 0 amide bonds. The Morgan fingerprint density at radius 2 is 2.33 bits per heavy atom. The van der Waals surface area contributed by atoms with Crippen molar-refractivity contribution in [3.05, 3.63) is 29.0 Å². The number of ether oxygens (including phenoxy) is 1. The minimum atomic E-state index is 0.734. The second-order valence-electron chi connectivity index (χ2n) is 3.40. The highest BCUT2D eigenvalue weighted by Gasteiger charge is 2.01. The first kappa shape index (κ1) is 12.4. The fourth-order valence-corrected chi connectivity index (χ4v) is 1.44. The maximum absolute atomic E-state index is 5.87. The first-order valence-electron chi connectivity index (χ1n) is 5.09. The molecule has 4 heteroatoms. The fraction of sp³-hybridized carbons (Fsp3) is 0.545. The van der Waals surface area contributed by atoms with Crippen LogP contribution in [0.1, 0.15) is 12.6 Å². The minimum Gasteiger partial charge on any atom is -0.380 e. The molecular formula is C11H17ClN2O. The van der Waals surface area contributed by atoms with Crippen molar-refractivity contribution >= 4 is 11.6 Å². The van der Waals surface area contributed by atoms with Crippen LogP contribution < -0.4 is 0 Å². The summed E-state index contributed by atoms with van der Waals surface area (Å²) in [6, 6.07) is 3.67. The van der Waals surface area contributed by atoms with Crippen molar-refractivity contribution < 1.29 is 4.74 Å². The van der Waals surface area contributed by atoms with Crippen molar-refractivity contribution in [3.8, 4) is 0 Å². The van der Waals surface area contributed by atoms with Gasteiger partial charge in [-0.05, 0) is 26.1 Å². The zero-order chi connectivity index (χ0) is 11.1. The van der Waals surface area contributed by atoms with Crippen molar-refractivity contribution in [2.24, 2.45) is 0 Å². The average Bonchev–Trinajstić information content (AvgIpc) is 2.18. The van der Waals surface area contributed by atoms with Gasteiger partial charge in [0.2, 0.25) is 0 Å². The van der Waals surface area contributed by atoms with E-state index in [4.69, 9.17) is 16.3 Å². The maximum Gasteiger partial charge on any atom is 0.0593 e. The normalized spacial score (nSPS) is 10.9. The van der Waals surface area contributed by atoms with Crippen LogP contribution in [0.4, 0.5) is 0 Å². The Hall–Kier alpha value is -0.640. The van der Waals surface area contributed by atoms with E-state index in [0.29, 0.717) is 0 Å². The summed E-state index contributed by atoms with van der Waals surface area (Å²) in [4.78, 5) is 6.40. The van der Waals surface area contributed by atoms with Crippen molar-refractivity contribution in [1.82, 2.24) is 9.88 Å². The predicted octanol–water partition coefficient (Wildman–Crippen LogP) is 2.20. The molecule has 0 N–H and O–H groups in total. The number of hydrogen-bond donors (Lipinski definition) is 0. The van der Waals surface area contributed by atoms with Crippen LogP contribution in [-0.2, 0) is 11.3 Å². The maximum atomic E-state index is 5.87. The van der Waals surface area contributed by atoms with E-state index < -0.39 is 0 Å². The molecule has 0 fully saturated rings. The predicted molar refractivity (Wildman–Crippen MR) is 62.1 cm³/mol. The van der Waals surface area contributed by atoms with Gasteiger partial charge in [0.1, 0.15) is 0 Å². The Morgan fingerprint density at radius 1 is 1.53 bits per heavy atom. The highest BCUT2D eigenvalue weighted by Crippen LogP contribution is 2.09. The SMILES string of the molecule is CCOCCN(C)Cc1cc(Cl)ccn1. The number of halogens is 1. The Balaban J connectivity index is 2.34.